The molecule has 2 aromatic carbocycles. The van der Waals surface area contributed by atoms with Crippen LogP contribution in [0, 0.1) is 0 Å². The Balaban J connectivity index is 1.93. The number of rotatable bonds is 4. The van der Waals surface area contributed by atoms with E-state index in [1.807, 2.05) is 12.1 Å². The second-order valence-electron chi connectivity index (χ2n) is 4.84. The SMILES string of the molecule is COc1ccccc1-n1nnc(C(=O)Nc2ccccc2Cl)c1N. The number of halogens is 1. The third-order valence-corrected chi connectivity index (χ3v) is 3.69. The van der Waals surface area contributed by atoms with Crippen molar-refractivity contribution in [2.45, 2.75) is 0 Å². The number of hydrogen-bond acceptors (Lipinski definition) is 5. The third kappa shape index (κ3) is 2.89. The molecule has 8 heteroatoms. The molecular weight excluding hydrogens is 330 g/mol. The Morgan fingerprint density at radius 3 is 2.67 bits per heavy atom. The van der Waals surface area contributed by atoms with Crippen LogP contribution in [0.1, 0.15) is 10.5 Å². The summed E-state index contributed by atoms with van der Waals surface area (Å²) in [7, 11) is 1.54. The van der Waals surface area contributed by atoms with Crippen molar-refractivity contribution in [3.05, 3.63) is 59.2 Å². The van der Waals surface area contributed by atoms with Gasteiger partial charge in [0, 0.05) is 0 Å². The zero-order chi connectivity index (χ0) is 17.1. The molecule has 0 bridgehead atoms. The zero-order valence-electron chi connectivity index (χ0n) is 12.7. The van der Waals surface area contributed by atoms with Crippen molar-refractivity contribution >= 4 is 29.0 Å². The molecule has 7 nitrogen and oxygen atoms in total. The van der Waals surface area contributed by atoms with Crippen molar-refractivity contribution in [1.29, 1.82) is 0 Å². The molecule has 1 aromatic heterocycles. The molecule has 0 unspecified atom stereocenters. The van der Waals surface area contributed by atoms with E-state index in [9.17, 15) is 4.79 Å². The number of nitrogens with one attached hydrogen (secondary N) is 1. The number of benzene rings is 2. The largest absolute Gasteiger partial charge is 0.494 e. The van der Waals surface area contributed by atoms with Crippen molar-refractivity contribution in [2.24, 2.45) is 0 Å². The van der Waals surface area contributed by atoms with Gasteiger partial charge in [-0.25, -0.2) is 0 Å². The molecule has 3 rings (SSSR count). The first-order valence-corrected chi connectivity index (χ1v) is 7.40. The summed E-state index contributed by atoms with van der Waals surface area (Å²) in [5.41, 5.74) is 7.09. The molecular formula is C16H14ClN5O2. The normalized spacial score (nSPS) is 10.4. The summed E-state index contributed by atoms with van der Waals surface area (Å²) in [5, 5.41) is 10.9. The lowest BCUT2D eigenvalue weighted by Gasteiger charge is -2.09. The number of aromatic nitrogens is 3. The third-order valence-electron chi connectivity index (χ3n) is 3.36. The number of carbonyl (C=O) groups excluding carboxylic acids is 1. The van der Waals surface area contributed by atoms with E-state index in [2.05, 4.69) is 15.6 Å². The van der Waals surface area contributed by atoms with E-state index in [1.54, 1.807) is 36.4 Å². The van der Waals surface area contributed by atoms with Gasteiger partial charge in [0.2, 0.25) is 0 Å². The van der Waals surface area contributed by atoms with Crippen LogP contribution >= 0.6 is 11.6 Å². The summed E-state index contributed by atoms with van der Waals surface area (Å²) >= 11 is 6.03. The predicted octanol–water partition coefficient (Wildman–Crippen LogP) is 2.76. The number of hydrogen-bond donors (Lipinski definition) is 2. The van der Waals surface area contributed by atoms with Crippen LogP contribution in [0.2, 0.25) is 5.02 Å². The van der Waals surface area contributed by atoms with Gasteiger partial charge in [-0.2, -0.15) is 4.68 Å². The molecule has 0 atom stereocenters. The van der Waals surface area contributed by atoms with E-state index in [1.165, 1.54) is 11.8 Å². The maximum atomic E-state index is 12.4. The second-order valence-corrected chi connectivity index (χ2v) is 5.25. The highest BCUT2D eigenvalue weighted by molar-refractivity contribution is 6.33. The molecule has 3 aromatic rings. The van der Waals surface area contributed by atoms with Gasteiger partial charge in [-0.3, -0.25) is 4.79 Å². The predicted molar refractivity (Wildman–Crippen MR) is 91.7 cm³/mol. The quantitative estimate of drug-likeness (QED) is 0.759. The number of nitrogens with two attached hydrogens (primary N) is 1. The molecule has 3 N–H and O–H groups in total. The van der Waals surface area contributed by atoms with Crippen LogP contribution in [0.25, 0.3) is 5.69 Å². The van der Waals surface area contributed by atoms with Gasteiger partial charge < -0.3 is 15.8 Å². The molecule has 0 spiro atoms. The number of carbonyl (C=O) groups is 1. The number of anilines is 2. The van der Waals surface area contributed by atoms with E-state index < -0.39 is 5.91 Å². The Hall–Kier alpha value is -3.06. The Kier molecular flexibility index (Phi) is 4.35. The summed E-state index contributed by atoms with van der Waals surface area (Å²) in [6, 6.07) is 14.0. The van der Waals surface area contributed by atoms with Gasteiger partial charge in [0.05, 0.1) is 17.8 Å². The topological polar surface area (TPSA) is 95.1 Å². The maximum absolute atomic E-state index is 12.4. The van der Waals surface area contributed by atoms with Crippen LogP contribution in [0.15, 0.2) is 48.5 Å². The average molecular weight is 344 g/mol. The number of para-hydroxylation sites is 3. The van der Waals surface area contributed by atoms with E-state index in [4.69, 9.17) is 22.1 Å². The number of nitrogens with zero attached hydrogens (tertiary/aromatic N) is 3. The van der Waals surface area contributed by atoms with Gasteiger partial charge in [-0.05, 0) is 24.3 Å². The minimum absolute atomic E-state index is 0.000765. The van der Waals surface area contributed by atoms with Gasteiger partial charge in [0.15, 0.2) is 11.5 Å². The highest BCUT2D eigenvalue weighted by Crippen LogP contribution is 2.26. The number of amides is 1. The fourth-order valence-electron chi connectivity index (χ4n) is 2.18. The average Bonchev–Trinajstić information content (AvgIpc) is 2.98. The lowest BCUT2D eigenvalue weighted by molar-refractivity contribution is 0.102. The summed E-state index contributed by atoms with van der Waals surface area (Å²) in [5.74, 6) is 0.165. The lowest BCUT2D eigenvalue weighted by Crippen LogP contribution is -2.15. The van der Waals surface area contributed by atoms with Crippen molar-refractivity contribution in [2.75, 3.05) is 18.2 Å². The lowest BCUT2D eigenvalue weighted by atomic mass is 10.3. The molecule has 0 aliphatic rings. The first-order chi connectivity index (χ1) is 11.6. The van der Waals surface area contributed by atoms with Crippen LogP contribution < -0.4 is 15.8 Å². The zero-order valence-corrected chi connectivity index (χ0v) is 13.5. The van der Waals surface area contributed by atoms with E-state index in [-0.39, 0.29) is 11.5 Å². The number of ether oxygens (including phenoxy) is 1. The molecule has 1 heterocycles. The molecule has 24 heavy (non-hydrogen) atoms. The summed E-state index contributed by atoms with van der Waals surface area (Å²) in [6.45, 7) is 0. The minimum Gasteiger partial charge on any atom is -0.494 e. The van der Waals surface area contributed by atoms with Gasteiger partial charge in [-0.1, -0.05) is 41.1 Å². The molecule has 0 saturated heterocycles. The molecule has 0 radical (unpaired) electrons. The Morgan fingerprint density at radius 1 is 1.21 bits per heavy atom. The highest BCUT2D eigenvalue weighted by Gasteiger charge is 2.20. The Labute approximate surface area is 143 Å². The fourth-order valence-corrected chi connectivity index (χ4v) is 2.36. The standard InChI is InChI=1S/C16H14ClN5O2/c1-24-13-9-5-4-8-12(13)22-15(18)14(20-21-22)16(23)19-11-7-3-2-6-10(11)17/h2-9H,18H2,1H3,(H,19,23). The van der Waals surface area contributed by atoms with Crippen LogP contribution in [-0.2, 0) is 0 Å². The Bertz CT molecular complexity index is 894. The van der Waals surface area contributed by atoms with Crippen LogP contribution in [0.5, 0.6) is 5.75 Å². The molecule has 0 fully saturated rings. The number of nitrogen functional groups attached to an aromatic ring is 1. The van der Waals surface area contributed by atoms with E-state index >= 15 is 0 Å². The monoisotopic (exact) mass is 343 g/mol. The summed E-state index contributed by atoms with van der Waals surface area (Å²) in [4.78, 5) is 12.4. The number of methoxy groups -OCH3 is 1. The maximum Gasteiger partial charge on any atom is 0.280 e. The first-order valence-electron chi connectivity index (χ1n) is 7.02. The van der Waals surface area contributed by atoms with Crippen LogP contribution in [0.3, 0.4) is 0 Å². The smallest absolute Gasteiger partial charge is 0.280 e. The van der Waals surface area contributed by atoms with Crippen molar-refractivity contribution in [1.82, 2.24) is 15.0 Å². The summed E-state index contributed by atoms with van der Waals surface area (Å²) in [6.07, 6.45) is 0. The first kappa shape index (κ1) is 15.8. The second kappa shape index (κ2) is 6.59. The van der Waals surface area contributed by atoms with Gasteiger partial charge in [-0.15, -0.1) is 5.10 Å². The van der Waals surface area contributed by atoms with Crippen molar-refractivity contribution < 1.29 is 9.53 Å². The van der Waals surface area contributed by atoms with Gasteiger partial charge >= 0.3 is 0 Å². The highest BCUT2D eigenvalue weighted by atomic mass is 35.5. The van der Waals surface area contributed by atoms with Crippen LogP contribution in [-0.4, -0.2) is 28.0 Å². The Morgan fingerprint density at radius 2 is 1.92 bits per heavy atom. The van der Waals surface area contributed by atoms with Crippen LogP contribution in [0.4, 0.5) is 11.5 Å². The summed E-state index contributed by atoms with van der Waals surface area (Å²) < 4.78 is 6.62. The van der Waals surface area contributed by atoms with Crippen molar-refractivity contribution in [3.8, 4) is 11.4 Å². The molecule has 0 aliphatic carbocycles. The fraction of sp³-hybridized carbons (Fsp3) is 0.0625. The molecule has 0 saturated carbocycles. The van der Waals surface area contributed by atoms with Crippen molar-refractivity contribution in [3.63, 3.8) is 0 Å². The van der Waals surface area contributed by atoms with Gasteiger partial charge in [0.1, 0.15) is 11.4 Å². The molecule has 122 valence electrons. The minimum atomic E-state index is -0.498. The van der Waals surface area contributed by atoms with E-state index in [0.29, 0.717) is 22.1 Å². The van der Waals surface area contributed by atoms with E-state index in [0.717, 1.165) is 0 Å². The molecule has 0 aliphatic heterocycles. The van der Waals surface area contributed by atoms with Gasteiger partial charge in [0.25, 0.3) is 5.91 Å². The molecule has 1 amide bonds.